The van der Waals surface area contributed by atoms with E-state index in [4.69, 9.17) is 5.11 Å². The van der Waals surface area contributed by atoms with Gasteiger partial charge < -0.3 is 5.11 Å². The van der Waals surface area contributed by atoms with Crippen LogP contribution in [-0.2, 0) is 0 Å². The van der Waals surface area contributed by atoms with Crippen molar-refractivity contribution in [3.05, 3.63) is 52.7 Å². The van der Waals surface area contributed by atoms with Crippen LogP contribution in [0.2, 0.25) is 0 Å². The minimum Gasteiger partial charge on any atom is -0.476 e. The highest BCUT2D eigenvalue weighted by molar-refractivity contribution is 5.84. The van der Waals surface area contributed by atoms with Crippen LogP contribution in [0.5, 0.6) is 0 Å². The minimum absolute atomic E-state index is 0.0416. The molecule has 2 rings (SSSR count). The molecule has 1 aliphatic carbocycles. The maximum absolute atomic E-state index is 10.8. The van der Waals surface area contributed by atoms with Gasteiger partial charge in [-0.25, -0.2) is 9.78 Å². The third-order valence-electron chi connectivity index (χ3n) is 4.32. The van der Waals surface area contributed by atoms with Gasteiger partial charge >= 0.3 is 5.97 Å². The summed E-state index contributed by atoms with van der Waals surface area (Å²) in [5.74, 6) is -1.06. The number of carboxylic acid groups (broad SMARTS) is 1. The van der Waals surface area contributed by atoms with E-state index in [2.05, 4.69) is 42.9 Å². The van der Waals surface area contributed by atoms with Crippen LogP contribution < -0.4 is 0 Å². The van der Waals surface area contributed by atoms with Gasteiger partial charge in [-0.05, 0) is 55.7 Å². The Bertz CT molecular complexity index is 680. The normalized spacial score (nSPS) is 18.5. The van der Waals surface area contributed by atoms with Crippen molar-refractivity contribution in [2.45, 2.75) is 47.0 Å². The van der Waals surface area contributed by atoms with Gasteiger partial charge in [-0.1, -0.05) is 31.6 Å². The molecule has 0 aromatic carbocycles. The van der Waals surface area contributed by atoms with Gasteiger partial charge in [0.05, 0.1) is 18.1 Å². The number of rotatable bonds is 4. The molecule has 0 fully saturated rings. The van der Waals surface area contributed by atoms with Crippen LogP contribution in [0.3, 0.4) is 0 Å². The van der Waals surface area contributed by atoms with E-state index in [9.17, 15) is 4.79 Å². The Morgan fingerprint density at radius 1 is 1.30 bits per heavy atom. The van der Waals surface area contributed by atoms with Gasteiger partial charge in [0, 0.05) is 0 Å². The maximum Gasteiger partial charge on any atom is 0.356 e. The average molecular weight is 312 g/mol. The predicted molar refractivity (Wildman–Crippen MR) is 92.1 cm³/mol. The summed E-state index contributed by atoms with van der Waals surface area (Å²) in [5, 5.41) is 8.83. The number of hydrogen-bond acceptors (Lipinski definition) is 3. The summed E-state index contributed by atoms with van der Waals surface area (Å²) in [7, 11) is 0. The lowest BCUT2D eigenvalue weighted by molar-refractivity contribution is 0.0690. The van der Waals surface area contributed by atoms with Gasteiger partial charge in [-0.15, -0.1) is 0 Å². The van der Waals surface area contributed by atoms with Crippen molar-refractivity contribution < 1.29 is 9.90 Å². The summed E-state index contributed by atoms with van der Waals surface area (Å²) >= 11 is 0. The number of aromatic nitrogens is 2. The molecule has 0 atom stereocenters. The molecule has 1 aliphatic rings. The Morgan fingerprint density at radius 3 is 2.61 bits per heavy atom. The van der Waals surface area contributed by atoms with Gasteiger partial charge in [-0.3, -0.25) is 4.98 Å². The van der Waals surface area contributed by atoms with Crippen LogP contribution >= 0.6 is 0 Å². The molecule has 1 N–H and O–H groups in total. The smallest absolute Gasteiger partial charge is 0.356 e. The second-order valence-electron chi connectivity index (χ2n) is 6.78. The van der Waals surface area contributed by atoms with E-state index in [0.717, 1.165) is 5.57 Å². The van der Waals surface area contributed by atoms with E-state index in [1.807, 2.05) is 13.0 Å². The number of aromatic carboxylic acids is 1. The van der Waals surface area contributed by atoms with Gasteiger partial charge in [0.25, 0.3) is 0 Å². The van der Waals surface area contributed by atoms with Gasteiger partial charge in [-0.2, -0.15) is 0 Å². The number of nitrogens with zero attached hydrogens (tertiary/aromatic N) is 2. The molecule has 0 spiro atoms. The number of hydrogen-bond donors (Lipinski definition) is 1. The Kier molecular flexibility index (Phi) is 5.14. The summed E-state index contributed by atoms with van der Waals surface area (Å²) in [5.41, 5.74) is 4.79. The third-order valence-corrected chi connectivity index (χ3v) is 4.32. The Labute approximate surface area is 137 Å². The summed E-state index contributed by atoms with van der Waals surface area (Å²) in [6.07, 6.45) is 12.6. The molecule has 0 saturated carbocycles. The predicted octanol–water partition coefficient (Wildman–Crippen LogP) is 4.66. The van der Waals surface area contributed by atoms with Crippen molar-refractivity contribution in [1.29, 1.82) is 0 Å². The molecule has 0 amide bonds. The zero-order valence-electron chi connectivity index (χ0n) is 14.3. The minimum atomic E-state index is -1.06. The first-order valence-electron chi connectivity index (χ1n) is 7.91. The molecule has 23 heavy (non-hydrogen) atoms. The standard InChI is InChI=1S/C19H24N2O2/c1-13(10-15-11-21-17(12-20-15)18(22)23)7-8-16-14(2)6-5-9-19(16,3)4/h7-8,10-12H,5-6,9H2,1-4H3,(H,22,23)/b8-7?,13-10+. The van der Waals surface area contributed by atoms with Crippen LogP contribution in [0.1, 0.15) is 63.1 Å². The highest BCUT2D eigenvalue weighted by atomic mass is 16.4. The van der Waals surface area contributed by atoms with Crippen LogP contribution in [0.15, 0.2) is 41.3 Å². The van der Waals surface area contributed by atoms with Crippen LogP contribution in [0.25, 0.3) is 6.08 Å². The molecular formula is C19H24N2O2. The largest absolute Gasteiger partial charge is 0.476 e. The number of carbonyl (C=O) groups is 1. The van der Waals surface area contributed by atoms with Gasteiger partial charge in [0.1, 0.15) is 0 Å². The molecule has 0 saturated heterocycles. The van der Waals surface area contributed by atoms with Crippen molar-refractivity contribution in [2.24, 2.45) is 5.41 Å². The van der Waals surface area contributed by atoms with E-state index < -0.39 is 5.97 Å². The summed E-state index contributed by atoms with van der Waals surface area (Å²) < 4.78 is 0. The molecule has 1 aromatic heterocycles. The summed E-state index contributed by atoms with van der Waals surface area (Å²) in [6.45, 7) is 8.82. The van der Waals surface area contributed by atoms with E-state index in [1.165, 1.54) is 42.8 Å². The Morgan fingerprint density at radius 2 is 2.04 bits per heavy atom. The Balaban J connectivity index is 2.17. The lowest BCUT2D eigenvalue weighted by atomic mass is 9.72. The highest BCUT2D eigenvalue weighted by Crippen LogP contribution is 2.40. The molecule has 4 heteroatoms. The molecule has 0 radical (unpaired) electrons. The second kappa shape index (κ2) is 6.90. The van der Waals surface area contributed by atoms with E-state index >= 15 is 0 Å². The van der Waals surface area contributed by atoms with Crippen molar-refractivity contribution >= 4 is 12.0 Å². The van der Waals surface area contributed by atoms with Gasteiger partial charge in [0.15, 0.2) is 5.69 Å². The van der Waals surface area contributed by atoms with Crippen LogP contribution in [0, 0.1) is 5.41 Å². The highest BCUT2D eigenvalue weighted by Gasteiger charge is 2.26. The zero-order valence-corrected chi connectivity index (χ0v) is 14.3. The molecule has 122 valence electrons. The zero-order chi connectivity index (χ0) is 17.0. The first kappa shape index (κ1) is 17.1. The maximum atomic E-state index is 10.8. The second-order valence-corrected chi connectivity index (χ2v) is 6.78. The monoisotopic (exact) mass is 312 g/mol. The number of carboxylic acids is 1. The first-order valence-corrected chi connectivity index (χ1v) is 7.91. The average Bonchev–Trinajstić information content (AvgIpc) is 2.46. The van der Waals surface area contributed by atoms with E-state index in [-0.39, 0.29) is 11.1 Å². The molecule has 1 aromatic rings. The quantitative estimate of drug-likeness (QED) is 0.821. The SMILES string of the molecule is CC1=C(C=C/C(C)=C/c2cnc(C(=O)O)cn2)C(C)(C)CCC1. The van der Waals surface area contributed by atoms with Crippen molar-refractivity contribution in [3.63, 3.8) is 0 Å². The van der Waals surface area contributed by atoms with E-state index in [0.29, 0.717) is 5.69 Å². The topological polar surface area (TPSA) is 63.1 Å². The number of allylic oxidation sites excluding steroid dienone is 5. The molecular weight excluding hydrogens is 288 g/mol. The molecule has 4 nitrogen and oxygen atoms in total. The van der Waals surface area contributed by atoms with Gasteiger partial charge in [0.2, 0.25) is 0 Å². The van der Waals surface area contributed by atoms with E-state index in [1.54, 1.807) is 0 Å². The fraction of sp³-hybridized carbons (Fsp3) is 0.421. The molecule has 0 aliphatic heterocycles. The Hall–Kier alpha value is -2.23. The van der Waals surface area contributed by atoms with Crippen molar-refractivity contribution in [1.82, 2.24) is 9.97 Å². The lowest BCUT2D eigenvalue weighted by Gasteiger charge is -2.32. The fourth-order valence-electron chi connectivity index (χ4n) is 3.03. The third kappa shape index (κ3) is 4.38. The van der Waals surface area contributed by atoms with Crippen LogP contribution in [0.4, 0.5) is 0 Å². The molecule has 1 heterocycles. The summed E-state index contributed by atoms with van der Waals surface area (Å²) in [6, 6.07) is 0. The summed E-state index contributed by atoms with van der Waals surface area (Å²) in [4.78, 5) is 18.8. The van der Waals surface area contributed by atoms with Crippen LogP contribution in [-0.4, -0.2) is 21.0 Å². The molecule has 0 bridgehead atoms. The fourth-order valence-corrected chi connectivity index (χ4v) is 3.03. The van der Waals surface area contributed by atoms with Crippen molar-refractivity contribution in [2.75, 3.05) is 0 Å². The lowest BCUT2D eigenvalue weighted by Crippen LogP contribution is -2.19. The van der Waals surface area contributed by atoms with Crippen molar-refractivity contribution in [3.8, 4) is 0 Å². The molecule has 0 unspecified atom stereocenters. The first-order chi connectivity index (χ1) is 10.8.